The summed E-state index contributed by atoms with van der Waals surface area (Å²) in [5.74, 6) is -0.515. The van der Waals surface area contributed by atoms with E-state index in [1.165, 1.54) is 6.33 Å². The molecule has 4 aromatic rings. The normalized spacial score (nSPS) is 11.3. The molecule has 1 N–H and O–H groups in total. The number of aromatic nitrogens is 6. The average Bonchev–Trinajstić information content (AvgIpc) is 3.13. The molecule has 0 aliphatic heterocycles. The number of carbonyl (C=O) groups is 1. The number of carboxylic acid groups (broad SMARTS) is 1. The summed E-state index contributed by atoms with van der Waals surface area (Å²) in [6.45, 7) is 1.86. The van der Waals surface area contributed by atoms with Crippen molar-refractivity contribution < 1.29 is 9.90 Å². The molecule has 8 heteroatoms. The standard InChI is InChI=1S/C14H10N6O2/c1-8-6-9(12-16-3-2-10-15-4-5-19(10)12)18-13-11(14(21)22)17-7-20(8)13/h2-7H,1H3,(H,21,22). The van der Waals surface area contributed by atoms with Gasteiger partial charge in [0.25, 0.3) is 0 Å². The van der Waals surface area contributed by atoms with Crippen LogP contribution in [0.5, 0.6) is 0 Å². The Bertz CT molecular complexity index is 1030. The SMILES string of the molecule is Cc1cc(-c2nccc3nccn23)nc2c(C(=O)O)ncn12. The molecule has 0 aliphatic carbocycles. The van der Waals surface area contributed by atoms with Crippen LogP contribution in [0.1, 0.15) is 16.2 Å². The first-order valence-electron chi connectivity index (χ1n) is 6.51. The van der Waals surface area contributed by atoms with E-state index in [2.05, 4.69) is 19.9 Å². The van der Waals surface area contributed by atoms with Crippen LogP contribution in [0.3, 0.4) is 0 Å². The summed E-state index contributed by atoms with van der Waals surface area (Å²) >= 11 is 0. The van der Waals surface area contributed by atoms with Crippen molar-refractivity contribution >= 4 is 17.3 Å². The zero-order valence-electron chi connectivity index (χ0n) is 11.5. The first kappa shape index (κ1) is 12.5. The maximum absolute atomic E-state index is 11.3. The van der Waals surface area contributed by atoms with Crippen LogP contribution in [0.15, 0.2) is 37.1 Å². The topological polar surface area (TPSA) is 97.7 Å². The van der Waals surface area contributed by atoms with Crippen LogP contribution < -0.4 is 0 Å². The van der Waals surface area contributed by atoms with Gasteiger partial charge in [0.05, 0.1) is 0 Å². The predicted octanol–water partition coefficient (Wildman–Crippen LogP) is 1.45. The lowest BCUT2D eigenvalue weighted by Gasteiger charge is -2.07. The van der Waals surface area contributed by atoms with E-state index in [4.69, 9.17) is 0 Å². The second kappa shape index (κ2) is 4.35. The number of aryl methyl sites for hydroxylation is 1. The summed E-state index contributed by atoms with van der Waals surface area (Å²) in [4.78, 5) is 28.1. The van der Waals surface area contributed by atoms with Gasteiger partial charge >= 0.3 is 5.97 Å². The molecule has 0 atom stereocenters. The summed E-state index contributed by atoms with van der Waals surface area (Å²) in [5.41, 5.74) is 2.34. The van der Waals surface area contributed by atoms with Crippen molar-refractivity contribution in [2.45, 2.75) is 6.92 Å². The van der Waals surface area contributed by atoms with Gasteiger partial charge in [-0.3, -0.25) is 8.80 Å². The van der Waals surface area contributed by atoms with Crippen LogP contribution in [0.4, 0.5) is 0 Å². The van der Waals surface area contributed by atoms with E-state index in [-0.39, 0.29) is 5.69 Å². The first-order valence-corrected chi connectivity index (χ1v) is 6.51. The van der Waals surface area contributed by atoms with Gasteiger partial charge in [0, 0.05) is 24.3 Å². The van der Waals surface area contributed by atoms with Gasteiger partial charge in [-0.25, -0.2) is 24.7 Å². The molecule has 0 saturated heterocycles. The van der Waals surface area contributed by atoms with Crippen molar-refractivity contribution in [3.05, 3.63) is 48.4 Å². The summed E-state index contributed by atoms with van der Waals surface area (Å²) in [6, 6.07) is 3.62. The van der Waals surface area contributed by atoms with Crippen LogP contribution in [0, 0.1) is 6.92 Å². The van der Waals surface area contributed by atoms with Crippen LogP contribution >= 0.6 is 0 Å². The third kappa shape index (κ3) is 1.67. The Morgan fingerprint density at radius 3 is 2.86 bits per heavy atom. The lowest BCUT2D eigenvalue weighted by atomic mass is 10.3. The molecule has 0 bridgehead atoms. The fourth-order valence-corrected chi connectivity index (χ4v) is 2.43. The summed E-state index contributed by atoms with van der Waals surface area (Å²) in [6.07, 6.45) is 6.56. The molecule has 4 aromatic heterocycles. The molecule has 0 spiro atoms. The molecular weight excluding hydrogens is 284 g/mol. The second-order valence-corrected chi connectivity index (χ2v) is 4.80. The van der Waals surface area contributed by atoms with Gasteiger partial charge < -0.3 is 5.11 Å². The van der Waals surface area contributed by atoms with Gasteiger partial charge in [-0.15, -0.1) is 0 Å². The van der Waals surface area contributed by atoms with Gasteiger partial charge in [0.1, 0.15) is 17.7 Å². The Balaban J connectivity index is 2.05. The number of rotatable bonds is 2. The number of fused-ring (bicyclic) bond motifs is 2. The van der Waals surface area contributed by atoms with Crippen molar-refractivity contribution in [1.82, 2.24) is 28.7 Å². The molecule has 0 radical (unpaired) electrons. The number of hydrogen-bond acceptors (Lipinski definition) is 5. The Labute approximate surface area is 123 Å². The fourth-order valence-electron chi connectivity index (χ4n) is 2.43. The molecule has 0 amide bonds. The second-order valence-electron chi connectivity index (χ2n) is 4.80. The number of nitrogens with zero attached hydrogens (tertiary/aromatic N) is 6. The van der Waals surface area contributed by atoms with E-state index >= 15 is 0 Å². The smallest absolute Gasteiger partial charge is 0.358 e. The Kier molecular flexibility index (Phi) is 2.46. The average molecular weight is 294 g/mol. The zero-order chi connectivity index (χ0) is 15.3. The van der Waals surface area contributed by atoms with E-state index in [1.807, 2.05) is 13.0 Å². The molecule has 0 unspecified atom stereocenters. The molecule has 0 fully saturated rings. The van der Waals surface area contributed by atoms with Crippen LogP contribution in [0.2, 0.25) is 0 Å². The zero-order valence-corrected chi connectivity index (χ0v) is 11.5. The van der Waals surface area contributed by atoms with Crippen molar-refractivity contribution in [2.24, 2.45) is 0 Å². The lowest BCUT2D eigenvalue weighted by Crippen LogP contribution is -2.03. The van der Waals surface area contributed by atoms with Gasteiger partial charge in [0.15, 0.2) is 17.2 Å². The van der Waals surface area contributed by atoms with Crippen molar-refractivity contribution in [3.63, 3.8) is 0 Å². The number of aromatic carboxylic acids is 1. The van der Waals surface area contributed by atoms with Gasteiger partial charge in [-0.1, -0.05) is 0 Å². The van der Waals surface area contributed by atoms with E-state index < -0.39 is 5.97 Å². The van der Waals surface area contributed by atoms with Gasteiger partial charge in [-0.2, -0.15) is 0 Å². The van der Waals surface area contributed by atoms with E-state index in [0.717, 1.165) is 11.3 Å². The molecule has 108 valence electrons. The quantitative estimate of drug-likeness (QED) is 0.601. The van der Waals surface area contributed by atoms with E-state index in [1.54, 1.807) is 33.5 Å². The Hall–Kier alpha value is -3.29. The molecular formula is C14H10N6O2. The molecule has 4 rings (SSSR count). The highest BCUT2D eigenvalue weighted by atomic mass is 16.4. The van der Waals surface area contributed by atoms with E-state index in [9.17, 15) is 9.90 Å². The van der Waals surface area contributed by atoms with Crippen molar-refractivity contribution in [1.29, 1.82) is 0 Å². The maximum atomic E-state index is 11.3. The van der Waals surface area contributed by atoms with Crippen molar-refractivity contribution in [3.8, 4) is 11.5 Å². The van der Waals surface area contributed by atoms with Gasteiger partial charge in [-0.05, 0) is 19.1 Å². The molecule has 22 heavy (non-hydrogen) atoms. The van der Waals surface area contributed by atoms with Gasteiger partial charge in [0.2, 0.25) is 0 Å². The molecule has 0 aliphatic rings. The molecule has 0 saturated carbocycles. The first-order chi connectivity index (χ1) is 10.6. The van der Waals surface area contributed by atoms with Crippen molar-refractivity contribution in [2.75, 3.05) is 0 Å². The fraction of sp³-hybridized carbons (Fsp3) is 0.0714. The van der Waals surface area contributed by atoms with Crippen LogP contribution in [-0.4, -0.2) is 39.8 Å². The van der Waals surface area contributed by atoms with Crippen LogP contribution in [-0.2, 0) is 0 Å². The Morgan fingerprint density at radius 1 is 1.18 bits per heavy atom. The number of imidazole rings is 2. The summed E-state index contributed by atoms with van der Waals surface area (Å²) in [7, 11) is 0. The monoisotopic (exact) mass is 294 g/mol. The largest absolute Gasteiger partial charge is 0.476 e. The van der Waals surface area contributed by atoms with Crippen LogP contribution in [0.25, 0.3) is 22.8 Å². The minimum absolute atomic E-state index is 0.0808. The Morgan fingerprint density at radius 2 is 2.05 bits per heavy atom. The highest BCUT2D eigenvalue weighted by Crippen LogP contribution is 2.20. The number of carboxylic acids is 1. The minimum atomic E-state index is -1.11. The highest BCUT2D eigenvalue weighted by molar-refractivity contribution is 5.92. The molecule has 8 nitrogen and oxygen atoms in total. The molecule has 0 aromatic carbocycles. The summed E-state index contributed by atoms with van der Waals surface area (Å²) in [5, 5.41) is 9.22. The third-order valence-corrected chi connectivity index (χ3v) is 3.44. The van der Waals surface area contributed by atoms with E-state index in [0.29, 0.717) is 17.2 Å². The minimum Gasteiger partial charge on any atom is -0.476 e. The lowest BCUT2D eigenvalue weighted by molar-refractivity contribution is 0.0693. The molecule has 4 heterocycles. The maximum Gasteiger partial charge on any atom is 0.358 e. The predicted molar refractivity (Wildman–Crippen MR) is 76.7 cm³/mol. The third-order valence-electron chi connectivity index (χ3n) is 3.44. The summed E-state index contributed by atoms with van der Waals surface area (Å²) < 4.78 is 3.44. The number of hydrogen-bond donors (Lipinski definition) is 1. The highest BCUT2D eigenvalue weighted by Gasteiger charge is 2.17.